The van der Waals surface area contributed by atoms with Crippen molar-refractivity contribution in [2.24, 2.45) is 5.92 Å². The minimum atomic E-state index is 0.209. The number of hydrogen-bond acceptors (Lipinski definition) is 3. The zero-order valence-corrected chi connectivity index (χ0v) is 11.5. The van der Waals surface area contributed by atoms with Crippen LogP contribution in [-0.4, -0.2) is 37.6 Å². The molecule has 2 aliphatic heterocycles. The van der Waals surface area contributed by atoms with Gasteiger partial charge in [-0.2, -0.15) is 0 Å². The van der Waals surface area contributed by atoms with Gasteiger partial charge in [-0.15, -0.1) is 0 Å². The fourth-order valence-corrected chi connectivity index (χ4v) is 3.00. The maximum Gasteiger partial charge on any atom is 0.223 e. The molecule has 0 aliphatic carbocycles. The second-order valence-corrected chi connectivity index (χ2v) is 5.57. The number of fused-ring (bicyclic) bond motifs is 3. The van der Waals surface area contributed by atoms with Crippen LogP contribution in [0.25, 0.3) is 0 Å². The molecule has 1 saturated heterocycles. The van der Waals surface area contributed by atoms with Gasteiger partial charge in [0.25, 0.3) is 0 Å². The van der Waals surface area contributed by atoms with Crippen LogP contribution in [0.3, 0.4) is 0 Å². The molecule has 4 heteroatoms. The molecule has 4 nitrogen and oxygen atoms in total. The fraction of sp³-hybridized carbons (Fsp3) is 0.533. The Morgan fingerprint density at radius 1 is 1.42 bits per heavy atom. The SMILES string of the molecule is Cc1ccc2c(c1)[C@H]1NCCC(=O)N(C)C[C@H]1CO2. The molecule has 1 aromatic rings. The van der Waals surface area contributed by atoms with Crippen LogP contribution in [0.1, 0.15) is 23.6 Å². The monoisotopic (exact) mass is 260 g/mol. The van der Waals surface area contributed by atoms with Gasteiger partial charge in [-0.05, 0) is 13.0 Å². The van der Waals surface area contributed by atoms with Crippen LogP contribution in [0.2, 0.25) is 0 Å². The fourth-order valence-electron chi connectivity index (χ4n) is 3.00. The van der Waals surface area contributed by atoms with E-state index in [1.165, 1.54) is 11.1 Å². The molecule has 1 N–H and O–H groups in total. The molecule has 0 saturated carbocycles. The lowest BCUT2D eigenvalue weighted by Gasteiger charge is -2.38. The molecule has 1 amide bonds. The number of carbonyl (C=O) groups is 1. The Labute approximate surface area is 113 Å². The zero-order chi connectivity index (χ0) is 13.4. The van der Waals surface area contributed by atoms with E-state index in [-0.39, 0.29) is 5.91 Å². The summed E-state index contributed by atoms with van der Waals surface area (Å²) in [6.45, 7) is 4.26. The van der Waals surface area contributed by atoms with E-state index in [9.17, 15) is 4.79 Å². The van der Waals surface area contributed by atoms with Crippen LogP contribution in [0.4, 0.5) is 0 Å². The molecule has 19 heavy (non-hydrogen) atoms. The molecule has 2 aliphatic rings. The number of carbonyl (C=O) groups excluding carboxylic acids is 1. The topological polar surface area (TPSA) is 41.6 Å². The minimum absolute atomic E-state index is 0.209. The lowest BCUT2D eigenvalue weighted by molar-refractivity contribution is -0.131. The van der Waals surface area contributed by atoms with Crippen molar-refractivity contribution in [2.75, 3.05) is 26.7 Å². The maximum atomic E-state index is 11.8. The van der Waals surface area contributed by atoms with Crippen LogP contribution < -0.4 is 10.1 Å². The van der Waals surface area contributed by atoms with Crippen LogP contribution in [0.15, 0.2) is 18.2 Å². The van der Waals surface area contributed by atoms with E-state index < -0.39 is 0 Å². The van der Waals surface area contributed by atoms with E-state index in [0.29, 0.717) is 25.0 Å². The normalized spacial score (nSPS) is 26.8. The summed E-state index contributed by atoms with van der Waals surface area (Å²) < 4.78 is 5.85. The van der Waals surface area contributed by atoms with Crippen LogP contribution in [-0.2, 0) is 4.79 Å². The van der Waals surface area contributed by atoms with Crippen molar-refractivity contribution in [3.8, 4) is 5.75 Å². The Kier molecular flexibility index (Phi) is 3.19. The molecule has 0 aromatic heterocycles. The summed E-state index contributed by atoms with van der Waals surface area (Å²) in [6, 6.07) is 6.62. The van der Waals surface area contributed by atoms with Gasteiger partial charge in [0.15, 0.2) is 0 Å². The minimum Gasteiger partial charge on any atom is -0.493 e. The zero-order valence-electron chi connectivity index (χ0n) is 11.5. The second kappa shape index (κ2) is 4.85. The third-order valence-corrected chi connectivity index (χ3v) is 4.06. The highest BCUT2D eigenvalue weighted by Crippen LogP contribution is 2.36. The average Bonchev–Trinajstić information content (AvgIpc) is 2.39. The van der Waals surface area contributed by atoms with Gasteiger partial charge >= 0.3 is 0 Å². The summed E-state index contributed by atoms with van der Waals surface area (Å²) in [7, 11) is 1.89. The third kappa shape index (κ3) is 2.32. The van der Waals surface area contributed by atoms with Gasteiger partial charge in [0.1, 0.15) is 5.75 Å². The number of nitrogens with one attached hydrogen (secondary N) is 1. The molecular weight excluding hydrogens is 240 g/mol. The van der Waals surface area contributed by atoms with Crippen molar-refractivity contribution in [2.45, 2.75) is 19.4 Å². The average molecular weight is 260 g/mol. The van der Waals surface area contributed by atoms with Gasteiger partial charge in [-0.25, -0.2) is 0 Å². The molecule has 0 radical (unpaired) electrons. The number of nitrogens with zero attached hydrogens (tertiary/aromatic N) is 1. The molecule has 0 unspecified atom stereocenters. The predicted molar refractivity (Wildman–Crippen MR) is 73.2 cm³/mol. The smallest absolute Gasteiger partial charge is 0.223 e. The Hall–Kier alpha value is -1.55. The largest absolute Gasteiger partial charge is 0.493 e. The Morgan fingerprint density at radius 3 is 3.11 bits per heavy atom. The first-order valence-electron chi connectivity index (χ1n) is 6.86. The quantitative estimate of drug-likeness (QED) is 0.768. The van der Waals surface area contributed by atoms with Crippen LogP contribution in [0.5, 0.6) is 5.75 Å². The summed E-state index contributed by atoms with van der Waals surface area (Å²) in [4.78, 5) is 13.6. The van der Waals surface area contributed by atoms with Gasteiger partial charge in [-0.1, -0.05) is 17.7 Å². The van der Waals surface area contributed by atoms with E-state index in [4.69, 9.17) is 4.74 Å². The first-order chi connectivity index (χ1) is 9.15. The van der Waals surface area contributed by atoms with Gasteiger partial charge in [0.2, 0.25) is 5.91 Å². The first kappa shape index (κ1) is 12.5. The number of benzene rings is 1. The van der Waals surface area contributed by atoms with Gasteiger partial charge in [-0.3, -0.25) is 4.79 Å². The Balaban J connectivity index is 1.92. The predicted octanol–water partition coefficient (Wildman–Crippen LogP) is 1.50. The molecule has 0 spiro atoms. The highest BCUT2D eigenvalue weighted by Gasteiger charge is 2.33. The molecular formula is C15H20N2O2. The molecule has 1 fully saturated rings. The first-order valence-corrected chi connectivity index (χ1v) is 6.86. The van der Waals surface area contributed by atoms with Crippen molar-refractivity contribution in [1.29, 1.82) is 0 Å². The standard InChI is InChI=1S/C15H20N2O2/c1-10-3-4-13-12(7-10)15-11(9-19-13)8-17(2)14(18)5-6-16-15/h3-4,7,11,15-16H,5-6,8-9H2,1-2H3/t11-,15-/m0/s1. The lowest BCUT2D eigenvalue weighted by atomic mass is 9.88. The Morgan fingerprint density at radius 2 is 2.26 bits per heavy atom. The highest BCUT2D eigenvalue weighted by atomic mass is 16.5. The molecule has 3 rings (SSSR count). The van der Waals surface area contributed by atoms with Crippen molar-refractivity contribution < 1.29 is 9.53 Å². The van der Waals surface area contributed by atoms with Crippen molar-refractivity contribution in [3.63, 3.8) is 0 Å². The van der Waals surface area contributed by atoms with Crippen molar-refractivity contribution in [1.82, 2.24) is 10.2 Å². The van der Waals surface area contributed by atoms with E-state index in [0.717, 1.165) is 18.8 Å². The van der Waals surface area contributed by atoms with Crippen LogP contribution in [0, 0.1) is 12.8 Å². The van der Waals surface area contributed by atoms with E-state index >= 15 is 0 Å². The second-order valence-electron chi connectivity index (χ2n) is 5.57. The highest BCUT2D eigenvalue weighted by molar-refractivity contribution is 5.76. The summed E-state index contributed by atoms with van der Waals surface area (Å²) >= 11 is 0. The van der Waals surface area contributed by atoms with Gasteiger partial charge in [0, 0.05) is 44.1 Å². The third-order valence-electron chi connectivity index (χ3n) is 4.06. The molecule has 1 aromatic carbocycles. The molecule has 2 atom stereocenters. The number of rotatable bonds is 0. The van der Waals surface area contributed by atoms with E-state index in [1.807, 2.05) is 11.9 Å². The summed E-state index contributed by atoms with van der Waals surface area (Å²) in [5.41, 5.74) is 2.48. The number of amides is 1. The number of hydrogen-bond donors (Lipinski definition) is 1. The summed E-state index contributed by atoms with van der Waals surface area (Å²) in [5.74, 6) is 1.51. The summed E-state index contributed by atoms with van der Waals surface area (Å²) in [6.07, 6.45) is 0.571. The molecule has 0 bridgehead atoms. The molecule has 102 valence electrons. The number of aryl methyl sites for hydroxylation is 1. The lowest BCUT2D eigenvalue weighted by Crippen LogP contribution is -2.46. The van der Waals surface area contributed by atoms with E-state index in [2.05, 4.69) is 30.4 Å². The Bertz CT molecular complexity index is 501. The van der Waals surface area contributed by atoms with Gasteiger partial charge in [0.05, 0.1) is 6.61 Å². The van der Waals surface area contributed by atoms with Crippen molar-refractivity contribution in [3.05, 3.63) is 29.3 Å². The van der Waals surface area contributed by atoms with Crippen molar-refractivity contribution >= 4 is 5.91 Å². The maximum absolute atomic E-state index is 11.8. The summed E-state index contributed by atoms with van der Waals surface area (Å²) in [5, 5.41) is 3.53. The van der Waals surface area contributed by atoms with Crippen LogP contribution >= 0.6 is 0 Å². The van der Waals surface area contributed by atoms with E-state index in [1.54, 1.807) is 0 Å². The molecule has 2 heterocycles. The number of ether oxygens (including phenoxy) is 1. The van der Waals surface area contributed by atoms with Gasteiger partial charge < -0.3 is 15.0 Å².